The fourth-order valence-electron chi connectivity index (χ4n) is 3.55. The zero-order valence-corrected chi connectivity index (χ0v) is 13.2. The van der Waals surface area contributed by atoms with E-state index in [1.165, 1.54) is 36.0 Å². The van der Waals surface area contributed by atoms with Crippen molar-refractivity contribution in [1.82, 2.24) is 4.90 Å². The average Bonchev–Trinajstić information content (AvgIpc) is 2.84. The van der Waals surface area contributed by atoms with E-state index < -0.39 is 0 Å². The lowest BCUT2D eigenvalue weighted by Crippen LogP contribution is -2.46. The molecule has 0 N–H and O–H groups in total. The van der Waals surface area contributed by atoms with Crippen LogP contribution in [-0.2, 0) is 17.6 Å². The van der Waals surface area contributed by atoms with E-state index in [9.17, 15) is 0 Å². The Bertz CT molecular complexity index is 466. The van der Waals surface area contributed by atoms with Gasteiger partial charge in [-0.05, 0) is 49.8 Å². The number of rotatable bonds is 3. The first kappa shape index (κ1) is 14.4. The third-order valence-corrected chi connectivity index (χ3v) is 4.79. The Kier molecular flexibility index (Phi) is 4.34. The van der Waals surface area contributed by atoms with Gasteiger partial charge in [0.2, 0.25) is 0 Å². The van der Waals surface area contributed by atoms with Gasteiger partial charge < -0.3 is 4.74 Å². The molecule has 0 aromatic heterocycles. The molecule has 1 aromatic carbocycles. The number of morpholine rings is 1. The minimum absolute atomic E-state index is 0.0819. The molecule has 1 aromatic rings. The van der Waals surface area contributed by atoms with Crippen LogP contribution in [0.2, 0.25) is 0 Å². The molecule has 110 valence electrons. The number of hydrogen-bond acceptors (Lipinski definition) is 2. The second-order valence-corrected chi connectivity index (χ2v) is 6.85. The summed E-state index contributed by atoms with van der Waals surface area (Å²) < 4.78 is 5.78. The van der Waals surface area contributed by atoms with Gasteiger partial charge in [0.15, 0.2) is 0 Å². The van der Waals surface area contributed by atoms with Crippen LogP contribution in [0.3, 0.4) is 0 Å². The summed E-state index contributed by atoms with van der Waals surface area (Å²) >= 11 is 6.65. The molecular weight excluding hydrogens is 270 g/mol. The van der Waals surface area contributed by atoms with Crippen molar-refractivity contribution in [3.05, 3.63) is 34.9 Å². The molecule has 0 spiro atoms. The lowest BCUT2D eigenvalue weighted by Gasteiger charge is -2.36. The second kappa shape index (κ2) is 6.05. The molecule has 0 saturated carbocycles. The zero-order chi connectivity index (χ0) is 14.1. The molecule has 1 aliphatic heterocycles. The van der Waals surface area contributed by atoms with Crippen LogP contribution in [0, 0.1) is 0 Å². The zero-order valence-electron chi connectivity index (χ0n) is 12.4. The van der Waals surface area contributed by atoms with Gasteiger partial charge in [-0.2, -0.15) is 0 Å². The van der Waals surface area contributed by atoms with Crippen molar-refractivity contribution in [1.29, 1.82) is 0 Å². The SMILES string of the molecule is CC1CN(CC(Cl)c2ccc3c(c2)CCC3)CC(C)O1. The molecule has 0 amide bonds. The Hall–Kier alpha value is -0.570. The highest BCUT2D eigenvalue weighted by atomic mass is 35.5. The molecule has 3 rings (SSSR count). The van der Waals surface area contributed by atoms with Crippen molar-refractivity contribution < 1.29 is 4.74 Å². The predicted molar refractivity (Wildman–Crippen MR) is 83.5 cm³/mol. The number of benzene rings is 1. The van der Waals surface area contributed by atoms with Gasteiger partial charge in [-0.15, -0.1) is 11.6 Å². The maximum Gasteiger partial charge on any atom is 0.0712 e. The van der Waals surface area contributed by atoms with Gasteiger partial charge >= 0.3 is 0 Å². The van der Waals surface area contributed by atoms with E-state index in [2.05, 4.69) is 36.9 Å². The van der Waals surface area contributed by atoms with Crippen LogP contribution in [0.15, 0.2) is 18.2 Å². The Balaban J connectivity index is 1.65. The Labute approximate surface area is 127 Å². The number of ether oxygens (including phenoxy) is 1. The summed E-state index contributed by atoms with van der Waals surface area (Å²) in [5.74, 6) is 0. The molecule has 1 aliphatic carbocycles. The summed E-state index contributed by atoms with van der Waals surface area (Å²) in [6.45, 7) is 7.16. The fourth-order valence-corrected chi connectivity index (χ4v) is 3.88. The number of aryl methyl sites for hydroxylation is 2. The normalized spacial score (nSPS) is 28.4. The van der Waals surface area contributed by atoms with E-state index in [1.54, 1.807) is 0 Å². The first-order valence-electron chi connectivity index (χ1n) is 7.75. The van der Waals surface area contributed by atoms with Crippen molar-refractivity contribution in [2.75, 3.05) is 19.6 Å². The Morgan fingerprint density at radius 3 is 2.65 bits per heavy atom. The molecule has 3 unspecified atom stereocenters. The first-order chi connectivity index (χ1) is 9.61. The van der Waals surface area contributed by atoms with Crippen molar-refractivity contribution in [2.45, 2.75) is 50.7 Å². The van der Waals surface area contributed by atoms with E-state index in [0.29, 0.717) is 12.2 Å². The predicted octanol–water partition coefficient (Wildman–Crippen LogP) is 3.56. The summed E-state index contributed by atoms with van der Waals surface area (Å²) in [5.41, 5.74) is 4.31. The summed E-state index contributed by atoms with van der Waals surface area (Å²) in [5, 5.41) is 0.0819. The fraction of sp³-hybridized carbons (Fsp3) is 0.647. The van der Waals surface area contributed by atoms with E-state index >= 15 is 0 Å². The molecule has 1 heterocycles. The van der Waals surface area contributed by atoms with Crippen LogP contribution in [-0.4, -0.2) is 36.7 Å². The number of halogens is 1. The summed E-state index contributed by atoms with van der Waals surface area (Å²) in [6, 6.07) is 6.82. The third kappa shape index (κ3) is 3.19. The quantitative estimate of drug-likeness (QED) is 0.790. The summed E-state index contributed by atoms with van der Waals surface area (Å²) in [7, 11) is 0. The maximum atomic E-state index is 6.65. The lowest BCUT2D eigenvalue weighted by atomic mass is 10.0. The van der Waals surface area contributed by atoms with Gasteiger partial charge in [-0.3, -0.25) is 4.90 Å². The van der Waals surface area contributed by atoms with Crippen molar-refractivity contribution in [2.24, 2.45) is 0 Å². The van der Waals surface area contributed by atoms with Crippen LogP contribution in [0.4, 0.5) is 0 Å². The maximum absolute atomic E-state index is 6.65. The van der Waals surface area contributed by atoms with Crippen LogP contribution in [0.25, 0.3) is 0 Å². The molecule has 1 saturated heterocycles. The van der Waals surface area contributed by atoms with Crippen LogP contribution in [0.1, 0.15) is 42.3 Å². The van der Waals surface area contributed by atoms with Gasteiger partial charge in [0.05, 0.1) is 17.6 Å². The molecule has 2 aliphatic rings. The van der Waals surface area contributed by atoms with Gasteiger partial charge in [0.1, 0.15) is 0 Å². The highest BCUT2D eigenvalue weighted by molar-refractivity contribution is 6.21. The minimum Gasteiger partial charge on any atom is -0.373 e. The Morgan fingerprint density at radius 1 is 1.20 bits per heavy atom. The largest absolute Gasteiger partial charge is 0.373 e. The molecule has 0 radical (unpaired) electrons. The average molecular weight is 294 g/mol. The standard InChI is InChI=1S/C17H24ClNO/c1-12-9-19(10-13(2)20-12)11-17(18)16-7-6-14-4-3-5-15(14)8-16/h6-8,12-13,17H,3-5,9-11H2,1-2H3. The molecule has 0 bridgehead atoms. The Morgan fingerprint density at radius 2 is 1.90 bits per heavy atom. The molecule has 3 atom stereocenters. The number of hydrogen-bond donors (Lipinski definition) is 0. The summed E-state index contributed by atoms with van der Waals surface area (Å²) in [6.07, 6.45) is 4.37. The number of alkyl halides is 1. The highest BCUT2D eigenvalue weighted by Crippen LogP contribution is 2.29. The van der Waals surface area contributed by atoms with Crippen LogP contribution in [0.5, 0.6) is 0 Å². The molecule has 3 heteroatoms. The van der Waals surface area contributed by atoms with Crippen LogP contribution < -0.4 is 0 Å². The molecule has 1 fully saturated rings. The van der Waals surface area contributed by atoms with Gasteiger partial charge in [-0.1, -0.05) is 18.2 Å². The highest BCUT2D eigenvalue weighted by Gasteiger charge is 2.24. The van der Waals surface area contributed by atoms with Crippen LogP contribution >= 0.6 is 11.6 Å². The number of fused-ring (bicyclic) bond motifs is 1. The van der Waals surface area contributed by atoms with Gasteiger partial charge in [0.25, 0.3) is 0 Å². The van der Waals surface area contributed by atoms with Crippen molar-refractivity contribution in [3.8, 4) is 0 Å². The van der Waals surface area contributed by atoms with E-state index in [0.717, 1.165) is 19.6 Å². The molecule has 2 nitrogen and oxygen atoms in total. The van der Waals surface area contributed by atoms with Gasteiger partial charge in [-0.25, -0.2) is 0 Å². The minimum atomic E-state index is 0.0819. The number of nitrogens with zero attached hydrogens (tertiary/aromatic N) is 1. The molecule has 20 heavy (non-hydrogen) atoms. The van der Waals surface area contributed by atoms with E-state index in [1.807, 2.05) is 0 Å². The monoisotopic (exact) mass is 293 g/mol. The van der Waals surface area contributed by atoms with Crippen molar-refractivity contribution >= 4 is 11.6 Å². The van der Waals surface area contributed by atoms with E-state index in [4.69, 9.17) is 16.3 Å². The first-order valence-corrected chi connectivity index (χ1v) is 8.19. The van der Waals surface area contributed by atoms with E-state index in [-0.39, 0.29) is 5.38 Å². The lowest BCUT2D eigenvalue weighted by molar-refractivity contribution is -0.0678. The summed E-state index contributed by atoms with van der Waals surface area (Å²) in [4.78, 5) is 2.43. The smallest absolute Gasteiger partial charge is 0.0712 e. The third-order valence-electron chi connectivity index (χ3n) is 4.40. The topological polar surface area (TPSA) is 12.5 Å². The molecular formula is C17H24ClNO. The second-order valence-electron chi connectivity index (χ2n) is 6.33. The van der Waals surface area contributed by atoms with Crippen molar-refractivity contribution in [3.63, 3.8) is 0 Å². The van der Waals surface area contributed by atoms with Gasteiger partial charge in [0, 0.05) is 19.6 Å².